The van der Waals surface area contributed by atoms with Gasteiger partial charge < -0.3 is 10.1 Å². The lowest BCUT2D eigenvalue weighted by atomic mass is 9.92. The van der Waals surface area contributed by atoms with E-state index in [4.69, 9.17) is 4.74 Å². The van der Waals surface area contributed by atoms with E-state index >= 15 is 0 Å². The van der Waals surface area contributed by atoms with E-state index in [9.17, 15) is 9.59 Å². The fraction of sp³-hybridized carbons (Fsp3) is 0.333. The number of benzene rings is 2. The van der Waals surface area contributed by atoms with Gasteiger partial charge in [0.1, 0.15) is 11.3 Å². The standard InChI is InChI=1S/C21H23BrN2O3/c1-14-8-9-15(2)18(12-14)27-11-5-10-24-19(25)21(3,23-20(24)26)16-6-4-7-17(22)13-16/h4,6-9,12-13H,5,10-11H2,1-3H3,(H,23,26)/t21-/m0/s1. The number of hydrogen-bond acceptors (Lipinski definition) is 3. The number of halogens is 1. The smallest absolute Gasteiger partial charge is 0.325 e. The Bertz CT molecular complexity index is 883. The number of ether oxygens (including phenoxy) is 1. The van der Waals surface area contributed by atoms with Gasteiger partial charge in [-0.2, -0.15) is 0 Å². The Morgan fingerprint density at radius 2 is 1.93 bits per heavy atom. The van der Waals surface area contributed by atoms with Crippen LogP contribution in [0.15, 0.2) is 46.9 Å². The zero-order valence-corrected chi connectivity index (χ0v) is 17.3. The second-order valence-corrected chi connectivity index (χ2v) is 7.91. The summed E-state index contributed by atoms with van der Waals surface area (Å²) in [5.41, 5.74) is 1.91. The van der Waals surface area contributed by atoms with Crippen LogP contribution in [0.25, 0.3) is 0 Å². The van der Waals surface area contributed by atoms with Crippen LogP contribution in [-0.2, 0) is 10.3 Å². The Hall–Kier alpha value is -2.34. The molecule has 0 bridgehead atoms. The summed E-state index contributed by atoms with van der Waals surface area (Å²) in [6.45, 7) is 6.51. The Morgan fingerprint density at radius 1 is 1.15 bits per heavy atom. The molecular weight excluding hydrogens is 408 g/mol. The molecular formula is C21H23BrN2O3. The van der Waals surface area contributed by atoms with Crippen LogP contribution in [0.4, 0.5) is 4.79 Å². The van der Waals surface area contributed by atoms with Gasteiger partial charge in [-0.25, -0.2) is 4.79 Å². The second-order valence-electron chi connectivity index (χ2n) is 6.99. The lowest BCUT2D eigenvalue weighted by Crippen LogP contribution is -2.41. The fourth-order valence-corrected chi connectivity index (χ4v) is 3.56. The van der Waals surface area contributed by atoms with Crippen molar-refractivity contribution in [2.24, 2.45) is 0 Å². The summed E-state index contributed by atoms with van der Waals surface area (Å²) in [5.74, 6) is 0.600. The first kappa shape index (κ1) is 19.4. The van der Waals surface area contributed by atoms with Crippen LogP contribution in [0.2, 0.25) is 0 Å². The zero-order chi connectivity index (χ0) is 19.6. The molecule has 0 spiro atoms. The van der Waals surface area contributed by atoms with Crippen molar-refractivity contribution in [2.75, 3.05) is 13.2 Å². The third-order valence-electron chi connectivity index (χ3n) is 4.80. The van der Waals surface area contributed by atoms with Gasteiger partial charge in [-0.1, -0.05) is 40.2 Å². The first-order valence-corrected chi connectivity index (χ1v) is 9.71. The number of nitrogens with zero attached hydrogens (tertiary/aromatic N) is 1. The lowest BCUT2D eigenvalue weighted by molar-refractivity contribution is -0.131. The van der Waals surface area contributed by atoms with Gasteiger partial charge in [0, 0.05) is 11.0 Å². The Labute approximate surface area is 167 Å². The van der Waals surface area contributed by atoms with Gasteiger partial charge >= 0.3 is 6.03 Å². The van der Waals surface area contributed by atoms with E-state index in [-0.39, 0.29) is 11.9 Å². The fourth-order valence-electron chi connectivity index (χ4n) is 3.16. The summed E-state index contributed by atoms with van der Waals surface area (Å²) in [6.07, 6.45) is 0.571. The molecule has 0 aromatic heterocycles. The molecule has 1 N–H and O–H groups in total. The Balaban J connectivity index is 1.62. The number of aryl methyl sites for hydroxylation is 2. The predicted octanol–water partition coefficient (Wildman–Crippen LogP) is 4.30. The normalized spacial score (nSPS) is 19.3. The summed E-state index contributed by atoms with van der Waals surface area (Å²) < 4.78 is 6.69. The summed E-state index contributed by atoms with van der Waals surface area (Å²) in [6, 6.07) is 13.1. The van der Waals surface area contributed by atoms with Crippen LogP contribution < -0.4 is 10.1 Å². The monoisotopic (exact) mass is 430 g/mol. The van der Waals surface area contributed by atoms with E-state index in [1.54, 1.807) is 6.92 Å². The molecule has 0 unspecified atom stereocenters. The van der Waals surface area contributed by atoms with Crippen LogP contribution in [0.1, 0.15) is 30.0 Å². The van der Waals surface area contributed by atoms with Crippen molar-refractivity contribution in [3.05, 3.63) is 63.6 Å². The van der Waals surface area contributed by atoms with Gasteiger partial charge in [-0.3, -0.25) is 9.69 Å². The maximum absolute atomic E-state index is 12.9. The first-order valence-electron chi connectivity index (χ1n) is 8.91. The van der Waals surface area contributed by atoms with Gasteiger partial charge in [-0.05, 0) is 62.1 Å². The summed E-state index contributed by atoms with van der Waals surface area (Å²) in [7, 11) is 0. The number of urea groups is 1. The van der Waals surface area contributed by atoms with Crippen molar-refractivity contribution in [1.29, 1.82) is 0 Å². The second kappa shape index (κ2) is 7.72. The van der Waals surface area contributed by atoms with Crippen LogP contribution in [0, 0.1) is 13.8 Å². The lowest BCUT2D eigenvalue weighted by Gasteiger charge is -2.22. The largest absolute Gasteiger partial charge is 0.493 e. The molecule has 3 rings (SSSR count). The molecule has 0 radical (unpaired) electrons. The zero-order valence-electron chi connectivity index (χ0n) is 15.7. The molecule has 0 aliphatic carbocycles. The molecule has 2 aromatic carbocycles. The summed E-state index contributed by atoms with van der Waals surface area (Å²) in [5, 5.41) is 2.82. The molecule has 1 aliphatic rings. The number of amides is 3. The van der Waals surface area contributed by atoms with Gasteiger partial charge in [0.2, 0.25) is 0 Å². The van der Waals surface area contributed by atoms with E-state index in [0.29, 0.717) is 19.6 Å². The number of carbonyl (C=O) groups is 2. The van der Waals surface area contributed by atoms with Crippen molar-refractivity contribution in [2.45, 2.75) is 32.7 Å². The van der Waals surface area contributed by atoms with Crippen LogP contribution >= 0.6 is 15.9 Å². The van der Waals surface area contributed by atoms with Crippen molar-refractivity contribution >= 4 is 27.9 Å². The van der Waals surface area contributed by atoms with Crippen LogP contribution in [0.3, 0.4) is 0 Å². The minimum absolute atomic E-state index is 0.239. The first-order chi connectivity index (χ1) is 12.8. The van der Waals surface area contributed by atoms with Crippen LogP contribution in [0.5, 0.6) is 5.75 Å². The van der Waals surface area contributed by atoms with Crippen molar-refractivity contribution in [3.63, 3.8) is 0 Å². The maximum atomic E-state index is 12.9. The highest BCUT2D eigenvalue weighted by molar-refractivity contribution is 9.10. The molecule has 2 aromatic rings. The minimum atomic E-state index is -1.05. The van der Waals surface area contributed by atoms with Crippen LogP contribution in [-0.4, -0.2) is 30.0 Å². The molecule has 6 heteroatoms. The molecule has 3 amide bonds. The SMILES string of the molecule is Cc1ccc(C)c(OCCCN2C(=O)N[C@@](C)(c3cccc(Br)c3)C2=O)c1. The highest BCUT2D eigenvalue weighted by atomic mass is 79.9. The number of imide groups is 1. The number of carbonyl (C=O) groups excluding carboxylic acids is 2. The maximum Gasteiger partial charge on any atom is 0.325 e. The van der Waals surface area contributed by atoms with E-state index in [1.165, 1.54) is 4.90 Å². The van der Waals surface area contributed by atoms with E-state index < -0.39 is 5.54 Å². The average Bonchev–Trinajstić information content (AvgIpc) is 2.85. The number of rotatable bonds is 6. The Morgan fingerprint density at radius 3 is 2.67 bits per heavy atom. The van der Waals surface area contributed by atoms with Crippen molar-refractivity contribution in [3.8, 4) is 5.75 Å². The number of hydrogen-bond donors (Lipinski definition) is 1. The Kier molecular flexibility index (Phi) is 5.56. The topological polar surface area (TPSA) is 58.6 Å². The van der Waals surface area contributed by atoms with E-state index in [2.05, 4.69) is 21.2 Å². The molecule has 0 saturated carbocycles. The molecule has 27 heavy (non-hydrogen) atoms. The number of nitrogens with one attached hydrogen (secondary N) is 1. The predicted molar refractivity (Wildman–Crippen MR) is 108 cm³/mol. The van der Waals surface area contributed by atoms with Gasteiger partial charge in [0.05, 0.1) is 6.61 Å². The van der Waals surface area contributed by atoms with Crippen molar-refractivity contribution < 1.29 is 14.3 Å². The third kappa shape index (κ3) is 4.00. The van der Waals surface area contributed by atoms with Gasteiger partial charge in [-0.15, -0.1) is 0 Å². The summed E-state index contributed by atoms with van der Waals surface area (Å²) in [4.78, 5) is 26.5. The molecule has 1 aliphatic heterocycles. The van der Waals surface area contributed by atoms with E-state index in [1.807, 2.05) is 56.3 Å². The highest BCUT2D eigenvalue weighted by Crippen LogP contribution is 2.30. The van der Waals surface area contributed by atoms with E-state index in [0.717, 1.165) is 26.9 Å². The molecule has 1 fully saturated rings. The molecule has 1 atom stereocenters. The quantitative estimate of drug-likeness (QED) is 0.548. The molecule has 5 nitrogen and oxygen atoms in total. The molecule has 1 heterocycles. The molecule has 1 saturated heterocycles. The highest BCUT2D eigenvalue weighted by Gasteiger charge is 2.48. The third-order valence-corrected chi connectivity index (χ3v) is 5.30. The van der Waals surface area contributed by atoms with Gasteiger partial charge in [0.25, 0.3) is 5.91 Å². The van der Waals surface area contributed by atoms with Gasteiger partial charge in [0.15, 0.2) is 0 Å². The van der Waals surface area contributed by atoms with Crippen molar-refractivity contribution in [1.82, 2.24) is 10.2 Å². The average molecular weight is 431 g/mol. The summed E-state index contributed by atoms with van der Waals surface area (Å²) >= 11 is 3.41. The minimum Gasteiger partial charge on any atom is -0.493 e. The molecule has 142 valence electrons.